The molecule has 1 aromatic rings. The summed E-state index contributed by atoms with van der Waals surface area (Å²) in [6, 6.07) is 0.389. The van der Waals surface area contributed by atoms with Crippen molar-refractivity contribution in [3.63, 3.8) is 0 Å². The van der Waals surface area contributed by atoms with E-state index in [1.165, 1.54) is 44.1 Å². The van der Waals surface area contributed by atoms with E-state index in [2.05, 4.69) is 14.9 Å². The van der Waals surface area contributed by atoms with Gasteiger partial charge in [-0.1, -0.05) is 19.3 Å². The summed E-state index contributed by atoms with van der Waals surface area (Å²) in [5.41, 5.74) is 7.28. The number of likely N-dealkylation sites (tertiary alicyclic amines) is 1. The molecule has 1 atom stereocenters. The molecule has 1 aromatic heterocycles. The quantitative estimate of drug-likeness (QED) is 0.929. The summed E-state index contributed by atoms with van der Waals surface area (Å²) in [7, 11) is 0. The van der Waals surface area contributed by atoms with Gasteiger partial charge in [-0.25, -0.2) is 9.97 Å². The molecule has 2 fully saturated rings. The molecule has 116 valence electrons. The molecule has 0 radical (unpaired) electrons. The summed E-state index contributed by atoms with van der Waals surface area (Å²) in [6.45, 7) is 3.22. The van der Waals surface area contributed by atoms with Crippen molar-refractivity contribution >= 4 is 0 Å². The molecule has 1 saturated heterocycles. The molecule has 1 saturated carbocycles. The minimum Gasteiger partial charge on any atom is -0.328 e. The van der Waals surface area contributed by atoms with Crippen molar-refractivity contribution in [1.29, 1.82) is 0 Å². The Hall–Kier alpha value is -1.00. The summed E-state index contributed by atoms with van der Waals surface area (Å²) in [4.78, 5) is 11.8. The third-order valence-electron chi connectivity index (χ3n) is 4.97. The SMILES string of the molecule is N[C@H]1CCCN(Cc2cnc(C3CCCCC3)nc2)CC1. The van der Waals surface area contributed by atoms with Crippen molar-refractivity contribution in [1.82, 2.24) is 14.9 Å². The normalized spacial score (nSPS) is 25.7. The first-order chi connectivity index (χ1) is 10.3. The van der Waals surface area contributed by atoms with Crippen molar-refractivity contribution in [3.05, 3.63) is 23.8 Å². The van der Waals surface area contributed by atoms with Gasteiger partial charge < -0.3 is 5.73 Å². The van der Waals surface area contributed by atoms with Crippen LogP contribution in [0.2, 0.25) is 0 Å². The Morgan fingerprint density at radius 1 is 0.952 bits per heavy atom. The second-order valence-corrected chi connectivity index (χ2v) is 6.75. The molecule has 1 aliphatic carbocycles. The Morgan fingerprint density at radius 3 is 2.48 bits per heavy atom. The number of hydrogen-bond acceptors (Lipinski definition) is 4. The Bertz CT molecular complexity index is 425. The maximum Gasteiger partial charge on any atom is 0.131 e. The highest BCUT2D eigenvalue weighted by Crippen LogP contribution is 2.30. The van der Waals surface area contributed by atoms with Gasteiger partial charge in [0, 0.05) is 36.5 Å². The van der Waals surface area contributed by atoms with E-state index in [4.69, 9.17) is 5.73 Å². The van der Waals surface area contributed by atoms with Crippen LogP contribution in [-0.2, 0) is 6.54 Å². The number of hydrogen-bond donors (Lipinski definition) is 1. The van der Waals surface area contributed by atoms with Crippen LogP contribution in [0.4, 0.5) is 0 Å². The van der Waals surface area contributed by atoms with Gasteiger partial charge in [0.2, 0.25) is 0 Å². The third kappa shape index (κ3) is 4.24. The molecule has 1 aliphatic heterocycles. The molecule has 21 heavy (non-hydrogen) atoms. The lowest BCUT2D eigenvalue weighted by Gasteiger charge is -2.21. The van der Waals surface area contributed by atoms with Crippen molar-refractivity contribution in [3.8, 4) is 0 Å². The Kier molecular flexibility index (Phi) is 5.20. The Labute approximate surface area is 128 Å². The van der Waals surface area contributed by atoms with E-state index in [-0.39, 0.29) is 0 Å². The van der Waals surface area contributed by atoms with E-state index in [1.54, 1.807) is 0 Å². The standard InChI is InChI=1S/C17H28N4/c18-16-7-4-9-21(10-8-16)13-14-11-19-17(20-12-14)15-5-2-1-3-6-15/h11-12,15-16H,1-10,13,18H2/t16-/m0/s1. The van der Waals surface area contributed by atoms with E-state index in [0.717, 1.165) is 38.3 Å². The van der Waals surface area contributed by atoms with Crippen LogP contribution in [0, 0.1) is 0 Å². The fourth-order valence-electron chi connectivity index (χ4n) is 3.62. The third-order valence-corrected chi connectivity index (χ3v) is 4.97. The Balaban J connectivity index is 1.56. The Morgan fingerprint density at radius 2 is 1.71 bits per heavy atom. The van der Waals surface area contributed by atoms with Crippen LogP contribution in [0.5, 0.6) is 0 Å². The molecular weight excluding hydrogens is 260 g/mol. The average Bonchev–Trinajstić information content (AvgIpc) is 2.74. The second-order valence-electron chi connectivity index (χ2n) is 6.75. The van der Waals surface area contributed by atoms with Crippen molar-refractivity contribution in [2.45, 2.75) is 69.9 Å². The topological polar surface area (TPSA) is 55.0 Å². The van der Waals surface area contributed by atoms with Gasteiger partial charge in [-0.2, -0.15) is 0 Å². The summed E-state index contributed by atoms with van der Waals surface area (Å²) in [6.07, 6.45) is 14.2. The lowest BCUT2D eigenvalue weighted by atomic mass is 9.89. The predicted octanol–water partition coefficient (Wildman–Crippen LogP) is 2.84. The van der Waals surface area contributed by atoms with Gasteiger partial charge in [0.1, 0.15) is 5.82 Å². The zero-order valence-electron chi connectivity index (χ0n) is 13.0. The van der Waals surface area contributed by atoms with Crippen LogP contribution >= 0.6 is 0 Å². The highest BCUT2D eigenvalue weighted by molar-refractivity contribution is 5.08. The molecule has 0 spiro atoms. The van der Waals surface area contributed by atoms with Crippen molar-refractivity contribution in [2.24, 2.45) is 5.73 Å². The fraction of sp³-hybridized carbons (Fsp3) is 0.765. The number of nitrogens with two attached hydrogens (primary N) is 1. The first-order valence-corrected chi connectivity index (χ1v) is 8.60. The lowest BCUT2D eigenvalue weighted by Crippen LogP contribution is -2.26. The molecule has 0 bridgehead atoms. The summed E-state index contributed by atoms with van der Waals surface area (Å²) in [5.74, 6) is 1.67. The first-order valence-electron chi connectivity index (χ1n) is 8.60. The average molecular weight is 288 g/mol. The summed E-state index contributed by atoms with van der Waals surface area (Å²) < 4.78 is 0. The molecule has 2 aliphatic rings. The van der Waals surface area contributed by atoms with Crippen molar-refractivity contribution < 1.29 is 0 Å². The van der Waals surface area contributed by atoms with Crippen LogP contribution in [0.15, 0.2) is 12.4 Å². The molecule has 2 N–H and O–H groups in total. The smallest absolute Gasteiger partial charge is 0.131 e. The van der Waals surface area contributed by atoms with Crippen LogP contribution in [0.1, 0.15) is 68.7 Å². The summed E-state index contributed by atoms with van der Waals surface area (Å²) >= 11 is 0. The second kappa shape index (κ2) is 7.32. The molecule has 2 heterocycles. The van der Waals surface area contributed by atoms with Gasteiger partial charge in [0.15, 0.2) is 0 Å². The highest BCUT2D eigenvalue weighted by Gasteiger charge is 2.18. The molecule has 0 amide bonds. The largest absolute Gasteiger partial charge is 0.328 e. The maximum atomic E-state index is 6.04. The minimum absolute atomic E-state index is 0.389. The maximum absolute atomic E-state index is 6.04. The fourth-order valence-corrected chi connectivity index (χ4v) is 3.62. The highest BCUT2D eigenvalue weighted by atomic mass is 15.1. The van der Waals surface area contributed by atoms with Gasteiger partial charge >= 0.3 is 0 Å². The van der Waals surface area contributed by atoms with Gasteiger partial charge in [0.25, 0.3) is 0 Å². The first kappa shape index (κ1) is 14.9. The molecular formula is C17H28N4. The van der Waals surface area contributed by atoms with Crippen LogP contribution < -0.4 is 5.73 Å². The zero-order valence-corrected chi connectivity index (χ0v) is 13.0. The van der Waals surface area contributed by atoms with E-state index in [1.807, 2.05) is 12.4 Å². The van der Waals surface area contributed by atoms with Gasteiger partial charge in [-0.05, 0) is 45.2 Å². The van der Waals surface area contributed by atoms with Crippen LogP contribution in [0.3, 0.4) is 0 Å². The lowest BCUT2D eigenvalue weighted by molar-refractivity contribution is 0.275. The van der Waals surface area contributed by atoms with Crippen molar-refractivity contribution in [2.75, 3.05) is 13.1 Å². The molecule has 0 unspecified atom stereocenters. The molecule has 4 nitrogen and oxygen atoms in total. The van der Waals surface area contributed by atoms with Gasteiger partial charge in [-0.3, -0.25) is 4.90 Å². The number of rotatable bonds is 3. The van der Waals surface area contributed by atoms with E-state index in [0.29, 0.717) is 12.0 Å². The number of aromatic nitrogens is 2. The van der Waals surface area contributed by atoms with E-state index in [9.17, 15) is 0 Å². The van der Waals surface area contributed by atoms with Gasteiger partial charge in [-0.15, -0.1) is 0 Å². The van der Waals surface area contributed by atoms with E-state index >= 15 is 0 Å². The number of nitrogens with zero attached hydrogens (tertiary/aromatic N) is 3. The van der Waals surface area contributed by atoms with E-state index < -0.39 is 0 Å². The van der Waals surface area contributed by atoms with Crippen LogP contribution in [-0.4, -0.2) is 34.0 Å². The van der Waals surface area contributed by atoms with Gasteiger partial charge in [0.05, 0.1) is 0 Å². The summed E-state index contributed by atoms with van der Waals surface area (Å²) in [5, 5.41) is 0. The molecule has 3 rings (SSSR count). The monoisotopic (exact) mass is 288 g/mol. The predicted molar refractivity (Wildman–Crippen MR) is 85.0 cm³/mol. The van der Waals surface area contributed by atoms with Crippen LogP contribution in [0.25, 0.3) is 0 Å². The zero-order chi connectivity index (χ0) is 14.5. The molecule has 4 heteroatoms. The molecule has 0 aromatic carbocycles. The minimum atomic E-state index is 0.389.